The van der Waals surface area contributed by atoms with Crippen LogP contribution in [0.15, 0.2) is 0 Å². The number of thioether (sulfide) groups is 1. The number of hydrogen-bond acceptors (Lipinski definition) is 2. The molecule has 1 saturated carbocycles. The van der Waals surface area contributed by atoms with Crippen LogP contribution < -0.4 is 5.32 Å². The molecule has 1 nitrogen and oxygen atoms in total. The molecule has 1 N–H and O–H groups in total. The molecular formula is C9H16F3NS. The molecule has 0 saturated heterocycles. The molecule has 0 unspecified atom stereocenters. The lowest BCUT2D eigenvalue weighted by Crippen LogP contribution is -2.51. The second kappa shape index (κ2) is 4.75. The Hall–Kier alpha value is 0.100. The highest BCUT2D eigenvalue weighted by Gasteiger charge is 2.34. The molecule has 1 aliphatic rings. The molecule has 14 heavy (non-hydrogen) atoms. The predicted octanol–water partition coefficient (Wildman–Crippen LogP) is 3.16. The minimum atomic E-state index is -4.08. The summed E-state index contributed by atoms with van der Waals surface area (Å²) in [5.41, 5.74) is -3.92. The molecule has 0 aromatic heterocycles. The summed E-state index contributed by atoms with van der Waals surface area (Å²) in [6.45, 7) is 2.54. The van der Waals surface area contributed by atoms with E-state index in [1.54, 1.807) is 0 Å². The van der Waals surface area contributed by atoms with Crippen molar-refractivity contribution < 1.29 is 13.2 Å². The van der Waals surface area contributed by atoms with Crippen LogP contribution in [-0.4, -0.2) is 23.3 Å². The van der Waals surface area contributed by atoms with Crippen molar-refractivity contribution >= 4 is 11.8 Å². The van der Waals surface area contributed by atoms with E-state index in [4.69, 9.17) is 0 Å². The quantitative estimate of drug-likeness (QED) is 0.724. The minimum Gasteiger partial charge on any atom is -0.310 e. The van der Waals surface area contributed by atoms with Gasteiger partial charge in [-0.1, -0.05) is 6.92 Å². The number of nitrogens with one attached hydrogen (secondary N) is 1. The first-order chi connectivity index (χ1) is 6.47. The van der Waals surface area contributed by atoms with Gasteiger partial charge in [-0.25, -0.2) is 0 Å². The van der Waals surface area contributed by atoms with Gasteiger partial charge in [-0.3, -0.25) is 0 Å². The molecule has 84 valence electrons. The van der Waals surface area contributed by atoms with Crippen molar-refractivity contribution in [2.45, 2.75) is 43.7 Å². The summed E-state index contributed by atoms with van der Waals surface area (Å²) in [5.74, 6) is 0.116. The number of halogens is 3. The van der Waals surface area contributed by atoms with Gasteiger partial charge in [-0.15, -0.1) is 0 Å². The fraction of sp³-hybridized carbons (Fsp3) is 1.00. The van der Waals surface area contributed by atoms with E-state index >= 15 is 0 Å². The SMILES string of the molecule is CCC1(NCCSC(F)(F)F)CCC1. The summed E-state index contributed by atoms with van der Waals surface area (Å²) in [5, 5.41) is 3.23. The van der Waals surface area contributed by atoms with Crippen LogP contribution >= 0.6 is 11.8 Å². The maximum atomic E-state index is 11.8. The number of rotatable bonds is 5. The molecule has 1 fully saturated rings. The molecule has 0 aromatic carbocycles. The van der Waals surface area contributed by atoms with Crippen molar-refractivity contribution in [1.82, 2.24) is 5.32 Å². The molecule has 0 radical (unpaired) electrons. The summed E-state index contributed by atoms with van der Waals surface area (Å²) < 4.78 is 35.4. The van der Waals surface area contributed by atoms with E-state index in [1.165, 1.54) is 6.42 Å². The van der Waals surface area contributed by atoms with Gasteiger partial charge in [0.05, 0.1) is 0 Å². The zero-order chi connectivity index (χ0) is 10.7. The largest absolute Gasteiger partial charge is 0.441 e. The third-order valence-electron chi connectivity index (χ3n) is 2.86. The Balaban J connectivity index is 2.09. The van der Waals surface area contributed by atoms with Crippen molar-refractivity contribution in [3.63, 3.8) is 0 Å². The predicted molar refractivity (Wildman–Crippen MR) is 53.4 cm³/mol. The van der Waals surface area contributed by atoms with Crippen LogP contribution in [0.25, 0.3) is 0 Å². The lowest BCUT2D eigenvalue weighted by molar-refractivity contribution is -0.0328. The Morgan fingerprint density at radius 2 is 2.00 bits per heavy atom. The topological polar surface area (TPSA) is 12.0 Å². The van der Waals surface area contributed by atoms with Crippen LogP contribution in [0.1, 0.15) is 32.6 Å². The smallest absolute Gasteiger partial charge is 0.310 e. The van der Waals surface area contributed by atoms with Crippen molar-refractivity contribution in [2.75, 3.05) is 12.3 Å². The molecule has 0 aliphatic heterocycles. The van der Waals surface area contributed by atoms with Crippen molar-refractivity contribution in [2.24, 2.45) is 0 Å². The monoisotopic (exact) mass is 227 g/mol. The zero-order valence-electron chi connectivity index (χ0n) is 8.28. The maximum Gasteiger partial charge on any atom is 0.441 e. The lowest BCUT2D eigenvalue weighted by Gasteiger charge is -2.42. The molecule has 1 rings (SSSR count). The van der Waals surface area contributed by atoms with Crippen molar-refractivity contribution in [1.29, 1.82) is 0 Å². The van der Waals surface area contributed by atoms with Gasteiger partial charge >= 0.3 is 5.51 Å². The van der Waals surface area contributed by atoms with Crippen LogP contribution in [-0.2, 0) is 0 Å². The second-order valence-electron chi connectivity index (χ2n) is 3.71. The van der Waals surface area contributed by atoms with Gasteiger partial charge in [0.15, 0.2) is 0 Å². The third-order valence-corrected chi connectivity index (χ3v) is 3.59. The van der Waals surface area contributed by atoms with Gasteiger partial charge in [-0.05, 0) is 37.4 Å². The first-order valence-electron chi connectivity index (χ1n) is 4.93. The molecule has 0 atom stereocenters. The Morgan fingerprint density at radius 1 is 1.36 bits per heavy atom. The van der Waals surface area contributed by atoms with E-state index in [0.29, 0.717) is 6.54 Å². The van der Waals surface area contributed by atoms with Crippen LogP contribution in [0.3, 0.4) is 0 Å². The summed E-state index contributed by atoms with van der Waals surface area (Å²) in [4.78, 5) is 0. The third kappa shape index (κ3) is 3.69. The first kappa shape index (κ1) is 12.2. The van der Waals surface area contributed by atoms with Crippen LogP contribution in [0.5, 0.6) is 0 Å². The first-order valence-corrected chi connectivity index (χ1v) is 5.92. The van der Waals surface area contributed by atoms with Crippen molar-refractivity contribution in [3.8, 4) is 0 Å². The van der Waals surface area contributed by atoms with Gasteiger partial charge in [0, 0.05) is 17.8 Å². The molecule has 0 aromatic rings. The summed E-state index contributed by atoms with van der Waals surface area (Å²) in [6.07, 6.45) is 4.44. The van der Waals surface area contributed by atoms with Crippen LogP contribution in [0.2, 0.25) is 0 Å². The molecule has 0 amide bonds. The maximum absolute atomic E-state index is 11.8. The van der Waals surface area contributed by atoms with E-state index in [1.807, 2.05) is 0 Å². The summed E-state index contributed by atoms with van der Waals surface area (Å²) in [6, 6.07) is 0. The Labute approximate surface area is 86.8 Å². The van der Waals surface area contributed by atoms with E-state index in [9.17, 15) is 13.2 Å². The highest BCUT2D eigenvalue weighted by molar-refractivity contribution is 8.00. The Bertz CT molecular complexity index is 172. The fourth-order valence-electron chi connectivity index (χ4n) is 1.74. The van der Waals surface area contributed by atoms with Gasteiger partial charge in [0.1, 0.15) is 0 Å². The summed E-state index contributed by atoms with van der Waals surface area (Å²) >= 11 is 0.0568. The molecule has 1 aliphatic carbocycles. The Morgan fingerprint density at radius 3 is 2.36 bits per heavy atom. The lowest BCUT2D eigenvalue weighted by atomic mass is 9.75. The van der Waals surface area contributed by atoms with E-state index in [0.717, 1.165) is 19.3 Å². The standard InChI is InChI=1S/C9H16F3NS/c1-2-8(4-3-5-8)13-6-7-14-9(10,11)12/h13H,2-7H2,1H3. The zero-order valence-corrected chi connectivity index (χ0v) is 9.10. The van der Waals surface area contributed by atoms with E-state index in [-0.39, 0.29) is 23.1 Å². The van der Waals surface area contributed by atoms with Crippen LogP contribution in [0, 0.1) is 0 Å². The molecular weight excluding hydrogens is 211 g/mol. The van der Waals surface area contributed by atoms with Gasteiger partial charge in [0.2, 0.25) is 0 Å². The van der Waals surface area contributed by atoms with E-state index < -0.39 is 5.51 Å². The second-order valence-corrected chi connectivity index (χ2v) is 4.87. The molecule has 0 spiro atoms. The molecule has 0 heterocycles. The fourth-order valence-corrected chi connectivity index (χ4v) is 2.18. The molecule has 5 heteroatoms. The van der Waals surface area contributed by atoms with Crippen molar-refractivity contribution in [3.05, 3.63) is 0 Å². The minimum absolute atomic E-state index is 0.0568. The van der Waals surface area contributed by atoms with Gasteiger partial charge in [0.25, 0.3) is 0 Å². The molecule has 0 bridgehead atoms. The van der Waals surface area contributed by atoms with E-state index in [2.05, 4.69) is 12.2 Å². The average molecular weight is 227 g/mol. The highest BCUT2D eigenvalue weighted by atomic mass is 32.2. The van der Waals surface area contributed by atoms with Gasteiger partial charge < -0.3 is 5.32 Å². The normalized spacial score (nSPS) is 20.6. The number of alkyl halides is 3. The van der Waals surface area contributed by atoms with Crippen LogP contribution in [0.4, 0.5) is 13.2 Å². The number of hydrogen-bond donors (Lipinski definition) is 1. The highest BCUT2D eigenvalue weighted by Crippen LogP contribution is 2.35. The Kier molecular flexibility index (Phi) is 4.13. The average Bonchev–Trinajstić information content (AvgIpc) is 2.00. The summed E-state index contributed by atoms with van der Waals surface area (Å²) in [7, 11) is 0. The van der Waals surface area contributed by atoms with Gasteiger partial charge in [-0.2, -0.15) is 13.2 Å².